The number of ether oxygens (including phenoxy) is 1. The Balaban J connectivity index is 1.84. The van der Waals surface area contributed by atoms with Crippen molar-refractivity contribution in [3.05, 3.63) is 94.4 Å². The van der Waals surface area contributed by atoms with Crippen LogP contribution in [-0.2, 0) is 16.1 Å². The molecular formula is C24H20ClNO5. The number of carbonyl (C=O) groups excluding carboxylic acids is 2. The van der Waals surface area contributed by atoms with Gasteiger partial charge in [0.05, 0.1) is 31.0 Å². The third-order valence-corrected chi connectivity index (χ3v) is 5.29. The van der Waals surface area contributed by atoms with E-state index in [0.717, 1.165) is 0 Å². The summed E-state index contributed by atoms with van der Waals surface area (Å²) in [6.07, 6.45) is 1.50. The normalized spacial score (nSPS) is 17.9. The predicted octanol–water partition coefficient (Wildman–Crippen LogP) is 4.95. The molecule has 3 aromatic rings. The second-order valence-corrected chi connectivity index (χ2v) is 7.46. The van der Waals surface area contributed by atoms with Crippen molar-refractivity contribution in [1.29, 1.82) is 0 Å². The van der Waals surface area contributed by atoms with Crippen molar-refractivity contribution in [2.24, 2.45) is 0 Å². The molecule has 1 aliphatic rings. The maximum Gasteiger partial charge on any atom is 0.296 e. The molecule has 1 fully saturated rings. The molecule has 4 rings (SSSR count). The zero-order chi connectivity index (χ0) is 22.0. The monoisotopic (exact) mass is 437 g/mol. The predicted molar refractivity (Wildman–Crippen MR) is 116 cm³/mol. The highest BCUT2D eigenvalue weighted by Crippen LogP contribution is 2.40. The van der Waals surface area contributed by atoms with Crippen molar-refractivity contribution in [3.63, 3.8) is 0 Å². The number of hydrogen-bond acceptors (Lipinski definition) is 5. The van der Waals surface area contributed by atoms with Gasteiger partial charge in [0.1, 0.15) is 17.3 Å². The number of furan rings is 1. The number of nitrogens with zero attached hydrogens (tertiary/aromatic N) is 1. The van der Waals surface area contributed by atoms with E-state index >= 15 is 0 Å². The summed E-state index contributed by atoms with van der Waals surface area (Å²) in [5, 5.41) is 11.4. The third-order valence-electron chi connectivity index (χ3n) is 5.05. The summed E-state index contributed by atoms with van der Waals surface area (Å²) in [5.74, 6) is -0.548. The Morgan fingerprint density at radius 2 is 1.90 bits per heavy atom. The van der Waals surface area contributed by atoms with Crippen LogP contribution in [0, 0.1) is 0 Å². The zero-order valence-electron chi connectivity index (χ0n) is 16.7. The van der Waals surface area contributed by atoms with Crippen LogP contribution in [0.4, 0.5) is 0 Å². The Labute approximate surface area is 184 Å². The molecule has 0 saturated carbocycles. The molecule has 1 unspecified atom stereocenters. The molecule has 1 amide bonds. The quantitative estimate of drug-likeness (QED) is 0.335. The van der Waals surface area contributed by atoms with Gasteiger partial charge >= 0.3 is 0 Å². The summed E-state index contributed by atoms with van der Waals surface area (Å²) in [4.78, 5) is 27.3. The molecule has 6 nitrogen and oxygen atoms in total. The summed E-state index contributed by atoms with van der Waals surface area (Å²) >= 11 is 6.06. The highest BCUT2D eigenvalue weighted by Gasteiger charge is 2.46. The fourth-order valence-corrected chi connectivity index (χ4v) is 3.85. The van der Waals surface area contributed by atoms with Gasteiger partial charge in [0.25, 0.3) is 11.7 Å². The minimum absolute atomic E-state index is 0.00276. The van der Waals surface area contributed by atoms with Gasteiger partial charge in [0, 0.05) is 10.6 Å². The molecular weight excluding hydrogens is 418 g/mol. The Morgan fingerprint density at radius 3 is 2.55 bits per heavy atom. The molecule has 1 saturated heterocycles. The summed E-state index contributed by atoms with van der Waals surface area (Å²) in [7, 11) is 0. The SMILES string of the molecule is CCOc1ccc(C2/C(=C(/O)c3cccc(Cl)c3)C(=O)C(=O)N2Cc2ccco2)cc1. The van der Waals surface area contributed by atoms with Gasteiger partial charge in [0.2, 0.25) is 0 Å². The Bertz CT molecular complexity index is 1140. The van der Waals surface area contributed by atoms with Gasteiger partial charge in [-0.2, -0.15) is 0 Å². The number of carbonyl (C=O) groups is 2. The first-order chi connectivity index (χ1) is 15.0. The number of hydrogen-bond donors (Lipinski definition) is 1. The largest absolute Gasteiger partial charge is 0.507 e. The van der Waals surface area contributed by atoms with E-state index in [1.165, 1.54) is 11.2 Å². The Kier molecular flexibility index (Phi) is 5.82. The zero-order valence-corrected chi connectivity index (χ0v) is 17.5. The smallest absolute Gasteiger partial charge is 0.296 e. The van der Waals surface area contributed by atoms with Crippen LogP contribution in [0.15, 0.2) is 76.9 Å². The molecule has 31 heavy (non-hydrogen) atoms. The number of amides is 1. The lowest BCUT2D eigenvalue weighted by atomic mass is 9.95. The molecule has 0 aliphatic carbocycles. The van der Waals surface area contributed by atoms with Gasteiger partial charge < -0.3 is 19.2 Å². The highest BCUT2D eigenvalue weighted by atomic mass is 35.5. The van der Waals surface area contributed by atoms with Crippen molar-refractivity contribution < 1.29 is 23.8 Å². The van der Waals surface area contributed by atoms with Crippen LogP contribution in [0.1, 0.15) is 29.9 Å². The molecule has 0 spiro atoms. The average Bonchev–Trinajstić information content (AvgIpc) is 3.37. The van der Waals surface area contributed by atoms with E-state index < -0.39 is 17.7 Å². The van der Waals surface area contributed by atoms with Crippen LogP contribution in [0.25, 0.3) is 5.76 Å². The average molecular weight is 438 g/mol. The number of aliphatic hydroxyl groups is 1. The van der Waals surface area contributed by atoms with E-state index in [1.54, 1.807) is 60.7 Å². The number of halogens is 1. The van der Waals surface area contributed by atoms with Crippen LogP contribution in [0.2, 0.25) is 5.02 Å². The lowest BCUT2D eigenvalue weighted by Gasteiger charge is -2.24. The van der Waals surface area contributed by atoms with E-state index in [-0.39, 0.29) is 17.9 Å². The maximum absolute atomic E-state index is 13.0. The fourth-order valence-electron chi connectivity index (χ4n) is 3.66. The number of likely N-dealkylation sites (tertiary alicyclic amines) is 1. The lowest BCUT2D eigenvalue weighted by molar-refractivity contribution is -0.140. The molecule has 1 N–H and O–H groups in total. The van der Waals surface area contributed by atoms with Crippen molar-refractivity contribution in [2.45, 2.75) is 19.5 Å². The van der Waals surface area contributed by atoms with Gasteiger partial charge in [-0.3, -0.25) is 9.59 Å². The van der Waals surface area contributed by atoms with Crippen molar-refractivity contribution in [2.75, 3.05) is 6.61 Å². The molecule has 2 heterocycles. The Morgan fingerprint density at radius 1 is 1.13 bits per heavy atom. The Hall–Kier alpha value is -3.51. The number of aliphatic hydroxyl groups excluding tert-OH is 1. The van der Waals surface area contributed by atoms with E-state index in [1.807, 2.05) is 6.92 Å². The summed E-state index contributed by atoms with van der Waals surface area (Å²) < 4.78 is 10.9. The molecule has 0 bridgehead atoms. The molecule has 2 aromatic carbocycles. The standard InChI is InChI=1S/C24H20ClNO5/c1-2-30-18-10-8-15(9-11-18)21-20(22(27)16-5-3-6-17(25)13-16)23(28)24(29)26(21)14-19-7-4-12-31-19/h3-13,21,27H,2,14H2,1H3/b22-20-. The molecule has 0 radical (unpaired) electrons. The maximum atomic E-state index is 13.0. The fraction of sp³-hybridized carbons (Fsp3) is 0.167. The van der Waals surface area contributed by atoms with Crippen molar-refractivity contribution in [1.82, 2.24) is 4.90 Å². The van der Waals surface area contributed by atoms with E-state index in [9.17, 15) is 14.7 Å². The molecule has 1 aliphatic heterocycles. The van der Waals surface area contributed by atoms with Gasteiger partial charge in [0.15, 0.2) is 0 Å². The topological polar surface area (TPSA) is 80.0 Å². The minimum Gasteiger partial charge on any atom is -0.507 e. The first-order valence-electron chi connectivity index (χ1n) is 9.79. The first kappa shape index (κ1) is 20.8. The minimum atomic E-state index is -0.792. The van der Waals surface area contributed by atoms with E-state index in [0.29, 0.717) is 34.3 Å². The van der Waals surface area contributed by atoms with Crippen molar-refractivity contribution in [3.8, 4) is 5.75 Å². The molecule has 7 heteroatoms. The number of ketones is 1. The molecule has 158 valence electrons. The number of rotatable bonds is 6. The van der Waals surface area contributed by atoms with Crippen molar-refractivity contribution >= 4 is 29.1 Å². The molecule has 1 aromatic heterocycles. The van der Waals surface area contributed by atoms with Gasteiger partial charge in [-0.1, -0.05) is 35.9 Å². The number of benzene rings is 2. The first-order valence-corrected chi connectivity index (χ1v) is 10.2. The van der Waals surface area contributed by atoms with Crippen LogP contribution in [0.5, 0.6) is 5.75 Å². The van der Waals surface area contributed by atoms with Crippen LogP contribution >= 0.6 is 11.6 Å². The van der Waals surface area contributed by atoms with Gasteiger partial charge in [-0.25, -0.2) is 0 Å². The summed E-state index contributed by atoms with van der Waals surface area (Å²) in [5.41, 5.74) is 1.03. The van der Waals surface area contributed by atoms with Gasteiger partial charge in [-0.05, 0) is 48.9 Å². The van der Waals surface area contributed by atoms with Crippen LogP contribution in [0.3, 0.4) is 0 Å². The molecule has 1 atom stereocenters. The number of Topliss-reactive ketones (excluding diaryl/α,β-unsaturated/α-hetero) is 1. The second-order valence-electron chi connectivity index (χ2n) is 7.02. The van der Waals surface area contributed by atoms with Crippen LogP contribution in [-0.4, -0.2) is 28.3 Å². The van der Waals surface area contributed by atoms with Gasteiger partial charge in [-0.15, -0.1) is 0 Å². The van der Waals surface area contributed by atoms with E-state index in [2.05, 4.69) is 0 Å². The van der Waals surface area contributed by atoms with E-state index in [4.69, 9.17) is 20.8 Å². The summed E-state index contributed by atoms with van der Waals surface area (Å²) in [6.45, 7) is 2.49. The summed E-state index contributed by atoms with van der Waals surface area (Å²) in [6, 6.07) is 16.3. The lowest BCUT2D eigenvalue weighted by Crippen LogP contribution is -2.29. The third kappa shape index (κ3) is 4.07. The second kappa shape index (κ2) is 8.70. The highest BCUT2D eigenvalue weighted by molar-refractivity contribution is 6.46. The van der Waals surface area contributed by atoms with Crippen LogP contribution < -0.4 is 4.74 Å².